The minimum atomic E-state index is 0.631. The van der Waals surface area contributed by atoms with Crippen molar-refractivity contribution in [1.82, 2.24) is 4.98 Å². The minimum Gasteiger partial charge on any atom is -0.493 e. The monoisotopic (exact) mass is 359 g/mol. The molecule has 0 unspecified atom stereocenters. The lowest BCUT2D eigenvalue weighted by molar-refractivity contribution is 0.310. The summed E-state index contributed by atoms with van der Waals surface area (Å²) in [6, 6.07) is 12.4. The molecule has 4 heteroatoms. The third-order valence-electron chi connectivity index (χ3n) is 3.65. The largest absolute Gasteiger partial charge is 0.493 e. The van der Waals surface area contributed by atoms with Crippen molar-refractivity contribution in [2.75, 3.05) is 13.7 Å². The van der Waals surface area contributed by atoms with Gasteiger partial charge in [-0.3, -0.25) is 0 Å². The van der Waals surface area contributed by atoms with Crippen LogP contribution in [0.1, 0.15) is 18.1 Å². The maximum Gasteiger partial charge on any atom is 0.161 e. The number of methoxy groups -OCH3 is 1. The van der Waals surface area contributed by atoms with Gasteiger partial charge in [-0.1, -0.05) is 22.0 Å². The number of hydrogen-bond acceptors (Lipinski definition) is 2. The quantitative estimate of drug-likeness (QED) is 0.700. The van der Waals surface area contributed by atoms with Crippen LogP contribution >= 0.6 is 15.9 Å². The first-order valence-electron chi connectivity index (χ1n) is 7.26. The van der Waals surface area contributed by atoms with Gasteiger partial charge in [0.2, 0.25) is 0 Å². The number of aromatic nitrogens is 1. The molecular weight excluding hydrogens is 342 g/mol. The molecule has 3 aromatic rings. The number of fused-ring (bicyclic) bond motifs is 1. The number of rotatable bonds is 5. The Morgan fingerprint density at radius 3 is 2.73 bits per heavy atom. The zero-order valence-electron chi connectivity index (χ0n) is 12.7. The number of halogens is 1. The van der Waals surface area contributed by atoms with Gasteiger partial charge < -0.3 is 14.5 Å². The molecule has 0 aliphatic rings. The first-order valence-corrected chi connectivity index (χ1v) is 8.05. The summed E-state index contributed by atoms with van der Waals surface area (Å²) in [5, 5.41) is 1.24. The van der Waals surface area contributed by atoms with Crippen molar-refractivity contribution < 1.29 is 9.47 Å². The molecule has 0 amide bonds. The van der Waals surface area contributed by atoms with Crippen LogP contribution in [0.5, 0.6) is 11.5 Å². The van der Waals surface area contributed by atoms with Crippen molar-refractivity contribution in [2.45, 2.75) is 13.3 Å². The SMILES string of the molecule is CCOc1ccc(Cc2c[nH]c3ccc(Br)cc23)cc1OC. The molecule has 2 aromatic carbocycles. The second-order valence-electron chi connectivity index (χ2n) is 5.10. The van der Waals surface area contributed by atoms with E-state index in [1.807, 2.05) is 25.1 Å². The topological polar surface area (TPSA) is 34.2 Å². The Morgan fingerprint density at radius 1 is 1.09 bits per heavy atom. The number of nitrogens with one attached hydrogen (secondary N) is 1. The summed E-state index contributed by atoms with van der Waals surface area (Å²) in [5.41, 5.74) is 3.61. The van der Waals surface area contributed by atoms with E-state index in [1.54, 1.807) is 7.11 Å². The molecule has 0 bridgehead atoms. The molecule has 22 heavy (non-hydrogen) atoms. The van der Waals surface area contributed by atoms with Crippen LogP contribution in [0.2, 0.25) is 0 Å². The minimum absolute atomic E-state index is 0.631. The van der Waals surface area contributed by atoms with Gasteiger partial charge in [-0.2, -0.15) is 0 Å². The fourth-order valence-electron chi connectivity index (χ4n) is 2.61. The lowest BCUT2D eigenvalue weighted by Crippen LogP contribution is -1.96. The second kappa shape index (κ2) is 6.44. The zero-order chi connectivity index (χ0) is 15.5. The summed E-state index contributed by atoms with van der Waals surface area (Å²) in [6.07, 6.45) is 2.92. The van der Waals surface area contributed by atoms with Crippen LogP contribution in [0.3, 0.4) is 0 Å². The van der Waals surface area contributed by atoms with E-state index >= 15 is 0 Å². The molecule has 0 atom stereocenters. The number of aromatic amines is 1. The van der Waals surface area contributed by atoms with Gasteiger partial charge in [-0.05, 0) is 54.8 Å². The molecule has 3 rings (SSSR count). The molecule has 1 aromatic heterocycles. The number of ether oxygens (including phenoxy) is 2. The molecule has 0 saturated heterocycles. The molecule has 0 spiro atoms. The van der Waals surface area contributed by atoms with Gasteiger partial charge in [-0.25, -0.2) is 0 Å². The Bertz CT molecular complexity index is 795. The summed E-state index contributed by atoms with van der Waals surface area (Å²) < 4.78 is 12.1. The highest BCUT2D eigenvalue weighted by Gasteiger charge is 2.09. The first-order chi connectivity index (χ1) is 10.7. The van der Waals surface area contributed by atoms with Crippen molar-refractivity contribution in [3.8, 4) is 11.5 Å². The first kappa shape index (κ1) is 15.0. The fourth-order valence-corrected chi connectivity index (χ4v) is 2.97. The summed E-state index contributed by atoms with van der Waals surface area (Å²) in [4.78, 5) is 3.32. The predicted molar refractivity (Wildman–Crippen MR) is 93.0 cm³/mol. The molecule has 0 fully saturated rings. The van der Waals surface area contributed by atoms with Crippen molar-refractivity contribution in [3.63, 3.8) is 0 Å². The van der Waals surface area contributed by atoms with Crippen molar-refractivity contribution in [1.29, 1.82) is 0 Å². The van der Waals surface area contributed by atoms with Gasteiger partial charge in [0.25, 0.3) is 0 Å². The standard InChI is InChI=1S/C18H18BrNO2/c1-3-22-17-7-4-12(9-18(17)21-2)8-13-11-20-16-6-5-14(19)10-15(13)16/h4-7,9-11,20H,3,8H2,1-2H3. The Morgan fingerprint density at radius 2 is 1.95 bits per heavy atom. The molecule has 1 N–H and O–H groups in total. The zero-order valence-corrected chi connectivity index (χ0v) is 14.2. The van der Waals surface area contributed by atoms with Gasteiger partial charge in [0.1, 0.15) is 0 Å². The Labute approximate surface area is 138 Å². The Kier molecular flexibility index (Phi) is 4.39. The van der Waals surface area contributed by atoms with Crippen LogP contribution in [0, 0.1) is 0 Å². The van der Waals surface area contributed by atoms with E-state index in [1.165, 1.54) is 16.5 Å². The molecule has 0 radical (unpaired) electrons. The highest BCUT2D eigenvalue weighted by Crippen LogP contribution is 2.30. The average Bonchev–Trinajstić information content (AvgIpc) is 2.91. The van der Waals surface area contributed by atoms with Crippen LogP contribution in [0.15, 0.2) is 47.1 Å². The average molecular weight is 360 g/mol. The van der Waals surface area contributed by atoms with Crippen molar-refractivity contribution >= 4 is 26.8 Å². The summed E-state index contributed by atoms with van der Waals surface area (Å²) >= 11 is 3.54. The fraction of sp³-hybridized carbons (Fsp3) is 0.222. The van der Waals surface area contributed by atoms with Crippen LogP contribution in [-0.2, 0) is 6.42 Å². The van der Waals surface area contributed by atoms with Crippen molar-refractivity contribution in [2.24, 2.45) is 0 Å². The normalized spacial score (nSPS) is 10.9. The van der Waals surface area contributed by atoms with E-state index in [-0.39, 0.29) is 0 Å². The number of benzene rings is 2. The molecule has 3 nitrogen and oxygen atoms in total. The Balaban J connectivity index is 1.93. The Hall–Kier alpha value is -1.94. The van der Waals surface area contributed by atoms with E-state index in [4.69, 9.17) is 9.47 Å². The molecule has 0 saturated carbocycles. The maximum atomic E-state index is 5.57. The molecule has 1 heterocycles. The molecule has 114 valence electrons. The van der Waals surface area contributed by atoms with Gasteiger partial charge >= 0.3 is 0 Å². The summed E-state index contributed by atoms with van der Waals surface area (Å²) in [6.45, 7) is 2.60. The molecule has 0 aliphatic heterocycles. The second-order valence-corrected chi connectivity index (χ2v) is 6.01. The van der Waals surface area contributed by atoms with E-state index in [2.05, 4.69) is 45.3 Å². The smallest absolute Gasteiger partial charge is 0.161 e. The maximum absolute atomic E-state index is 5.57. The highest BCUT2D eigenvalue weighted by atomic mass is 79.9. The van der Waals surface area contributed by atoms with Gasteiger partial charge in [0, 0.05) is 21.6 Å². The van der Waals surface area contributed by atoms with Crippen molar-refractivity contribution in [3.05, 3.63) is 58.2 Å². The van der Waals surface area contributed by atoms with Gasteiger partial charge in [0.05, 0.1) is 13.7 Å². The lowest BCUT2D eigenvalue weighted by Gasteiger charge is -2.11. The predicted octanol–water partition coefficient (Wildman–Crippen LogP) is 4.93. The summed E-state index contributed by atoms with van der Waals surface area (Å²) in [7, 11) is 1.67. The summed E-state index contributed by atoms with van der Waals surface area (Å²) in [5.74, 6) is 1.57. The molecule has 0 aliphatic carbocycles. The van der Waals surface area contributed by atoms with Gasteiger partial charge in [-0.15, -0.1) is 0 Å². The third-order valence-corrected chi connectivity index (χ3v) is 4.15. The van der Waals surface area contributed by atoms with Gasteiger partial charge in [0.15, 0.2) is 11.5 Å². The van der Waals surface area contributed by atoms with E-state index < -0.39 is 0 Å². The van der Waals surface area contributed by atoms with E-state index in [9.17, 15) is 0 Å². The lowest BCUT2D eigenvalue weighted by atomic mass is 10.0. The highest BCUT2D eigenvalue weighted by molar-refractivity contribution is 9.10. The van der Waals surface area contributed by atoms with Crippen LogP contribution < -0.4 is 9.47 Å². The van der Waals surface area contributed by atoms with Crippen LogP contribution in [0.25, 0.3) is 10.9 Å². The van der Waals surface area contributed by atoms with Crippen LogP contribution in [0.4, 0.5) is 0 Å². The van der Waals surface area contributed by atoms with E-state index in [0.29, 0.717) is 6.61 Å². The molecular formula is C18H18BrNO2. The van der Waals surface area contributed by atoms with E-state index in [0.717, 1.165) is 27.9 Å². The number of hydrogen-bond donors (Lipinski definition) is 1. The number of H-pyrrole nitrogens is 1. The third kappa shape index (κ3) is 2.97. The van der Waals surface area contributed by atoms with Crippen LogP contribution in [-0.4, -0.2) is 18.7 Å².